The van der Waals surface area contributed by atoms with Crippen LogP contribution in [0.25, 0.3) is 0 Å². The lowest BCUT2D eigenvalue weighted by Gasteiger charge is -2.30. The Morgan fingerprint density at radius 3 is 2.81 bits per heavy atom. The molecule has 0 saturated carbocycles. The molecule has 0 atom stereocenters. The summed E-state index contributed by atoms with van der Waals surface area (Å²) in [4.78, 5) is 6.72. The van der Waals surface area contributed by atoms with Crippen molar-refractivity contribution in [1.82, 2.24) is 4.98 Å². The first-order chi connectivity index (χ1) is 7.92. The molecule has 1 saturated heterocycles. The number of nitrogens with zero attached hydrogens (tertiary/aromatic N) is 2. The molecule has 16 heavy (non-hydrogen) atoms. The van der Waals surface area contributed by atoms with E-state index in [4.69, 9.17) is 5.73 Å². The Hall–Kier alpha value is -1.09. The molecule has 0 spiro atoms. The molecule has 1 fully saturated rings. The molecule has 3 heteroatoms. The zero-order chi connectivity index (χ0) is 11.2. The van der Waals surface area contributed by atoms with Gasteiger partial charge in [0.25, 0.3) is 0 Å². The van der Waals surface area contributed by atoms with Gasteiger partial charge in [-0.1, -0.05) is 0 Å². The van der Waals surface area contributed by atoms with Gasteiger partial charge in [0.2, 0.25) is 0 Å². The second kappa shape index (κ2) is 5.85. The maximum Gasteiger partial charge on any atom is 0.0429 e. The normalized spacial score (nSPS) is 16.4. The van der Waals surface area contributed by atoms with E-state index in [1.165, 1.54) is 43.6 Å². The van der Waals surface area contributed by atoms with Crippen molar-refractivity contribution < 1.29 is 0 Å². The number of anilines is 1. The number of piperidine rings is 1. The number of aryl methyl sites for hydroxylation is 1. The van der Waals surface area contributed by atoms with E-state index in [0.29, 0.717) is 0 Å². The average Bonchev–Trinajstić information content (AvgIpc) is 2.38. The van der Waals surface area contributed by atoms with Crippen molar-refractivity contribution in [3.05, 3.63) is 24.0 Å². The van der Waals surface area contributed by atoms with Crippen LogP contribution in [-0.4, -0.2) is 24.6 Å². The van der Waals surface area contributed by atoms with E-state index in [2.05, 4.69) is 16.0 Å². The molecule has 0 amide bonds. The number of nitrogens with two attached hydrogens (primary N) is 1. The van der Waals surface area contributed by atoms with Crippen LogP contribution in [0.4, 0.5) is 5.69 Å². The van der Waals surface area contributed by atoms with Crippen LogP contribution >= 0.6 is 0 Å². The van der Waals surface area contributed by atoms with E-state index in [1.807, 2.05) is 12.4 Å². The zero-order valence-corrected chi connectivity index (χ0v) is 9.86. The molecule has 0 unspecified atom stereocenters. The van der Waals surface area contributed by atoms with Crippen LogP contribution < -0.4 is 10.6 Å². The van der Waals surface area contributed by atoms with Gasteiger partial charge >= 0.3 is 0 Å². The highest BCUT2D eigenvalue weighted by molar-refractivity contribution is 5.52. The smallest absolute Gasteiger partial charge is 0.0429 e. The number of aromatic nitrogens is 1. The summed E-state index contributed by atoms with van der Waals surface area (Å²) in [6, 6.07) is 2.15. The van der Waals surface area contributed by atoms with Gasteiger partial charge in [-0.3, -0.25) is 4.98 Å². The quantitative estimate of drug-likeness (QED) is 0.841. The summed E-state index contributed by atoms with van der Waals surface area (Å²) in [5.41, 5.74) is 8.31. The third-order valence-corrected chi connectivity index (χ3v) is 3.22. The molecule has 0 bridgehead atoms. The van der Waals surface area contributed by atoms with Crippen molar-refractivity contribution in [2.75, 3.05) is 24.5 Å². The predicted molar refractivity (Wildman–Crippen MR) is 67.7 cm³/mol. The first-order valence-corrected chi connectivity index (χ1v) is 6.29. The van der Waals surface area contributed by atoms with Crippen molar-refractivity contribution in [1.29, 1.82) is 0 Å². The van der Waals surface area contributed by atoms with Crippen LogP contribution in [0, 0.1) is 0 Å². The van der Waals surface area contributed by atoms with Gasteiger partial charge in [-0.25, -0.2) is 0 Å². The van der Waals surface area contributed by atoms with Gasteiger partial charge in [0.15, 0.2) is 0 Å². The summed E-state index contributed by atoms with van der Waals surface area (Å²) in [6.45, 7) is 3.15. The molecule has 1 aromatic rings. The van der Waals surface area contributed by atoms with Crippen LogP contribution in [-0.2, 0) is 6.42 Å². The minimum Gasteiger partial charge on any atom is -0.371 e. The zero-order valence-electron chi connectivity index (χ0n) is 9.86. The van der Waals surface area contributed by atoms with Crippen molar-refractivity contribution in [3.8, 4) is 0 Å². The Bertz CT molecular complexity index is 319. The Kier molecular flexibility index (Phi) is 4.17. The van der Waals surface area contributed by atoms with Crippen LogP contribution in [0.2, 0.25) is 0 Å². The summed E-state index contributed by atoms with van der Waals surface area (Å²) < 4.78 is 0. The van der Waals surface area contributed by atoms with Gasteiger partial charge in [0, 0.05) is 31.2 Å². The molecule has 0 aromatic carbocycles. The summed E-state index contributed by atoms with van der Waals surface area (Å²) >= 11 is 0. The fourth-order valence-corrected chi connectivity index (χ4v) is 2.35. The third-order valence-electron chi connectivity index (χ3n) is 3.22. The number of pyridine rings is 1. The van der Waals surface area contributed by atoms with Gasteiger partial charge in [-0.2, -0.15) is 0 Å². The molecule has 0 aliphatic carbocycles. The topological polar surface area (TPSA) is 42.1 Å². The Labute approximate surface area is 97.7 Å². The number of hydrogen-bond acceptors (Lipinski definition) is 3. The van der Waals surface area contributed by atoms with E-state index >= 15 is 0 Å². The summed E-state index contributed by atoms with van der Waals surface area (Å²) in [6.07, 6.45) is 10.0. The molecule has 2 rings (SSSR count). The van der Waals surface area contributed by atoms with Gasteiger partial charge in [0.1, 0.15) is 0 Å². The molecule has 3 nitrogen and oxygen atoms in total. The number of hydrogen-bond donors (Lipinski definition) is 1. The Balaban J connectivity index is 2.11. The molecule has 2 heterocycles. The summed E-state index contributed by atoms with van der Waals surface area (Å²) in [7, 11) is 0. The highest BCUT2D eigenvalue weighted by Gasteiger charge is 2.13. The minimum atomic E-state index is 0.758. The molecule has 88 valence electrons. The van der Waals surface area contributed by atoms with Gasteiger partial charge in [0.05, 0.1) is 0 Å². The molecule has 0 radical (unpaired) electrons. The van der Waals surface area contributed by atoms with E-state index in [9.17, 15) is 0 Å². The second-order valence-electron chi connectivity index (χ2n) is 4.44. The van der Waals surface area contributed by atoms with Crippen LogP contribution in [0.15, 0.2) is 18.5 Å². The fraction of sp³-hybridized carbons (Fsp3) is 0.615. The van der Waals surface area contributed by atoms with Gasteiger partial charge in [-0.05, 0) is 50.3 Å². The lowest BCUT2D eigenvalue weighted by Crippen LogP contribution is -2.30. The highest BCUT2D eigenvalue weighted by Crippen LogP contribution is 2.24. The lowest BCUT2D eigenvalue weighted by atomic mass is 10.1. The fourth-order valence-electron chi connectivity index (χ4n) is 2.35. The van der Waals surface area contributed by atoms with Crippen molar-refractivity contribution in [2.24, 2.45) is 5.73 Å². The molecule has 1 aliphatic rings. The maximum atomic E-state index is 5.57. The van der Waals surface area contributed by atoms with Crippen LogP contribution in [0.3, 0.4) is 0 Å². The Morgan fingerprint density at radius 1 is 1.25 bits per heavy atom. The second-order valence-corrected chi connectivity index (χ2v) is 4.44. The van der Waals surface area contributed by atoms with E-state index in [0.717, 1.165) is 19.4 Å². The molecule has 2 N–H and O–H groups in total. The van der Waals surface area contributed by atoms with Crippen LogP contribution in [0.5, 0.6) is 0 Å². The van der Waals surface area contributed by atoms with E-state index < -0.39 is 0 Å². The van der Waals surface area contributed by atoms with Crippen molar-refractivity contribution >= 4 is 5.69 Å². The van der Waals surface area contributed by atoms with Crippen molar-refractivity contribution in [2.45, 2.75) is 32.1 Å². The van der Waals surface area contributed by atoms with Crippen LogP contribution in [0.1, 0.15) is 31.2 Å². The highest BCUT2D eigenvalue weighted by atomic mass is 15.1. The van der Waals surface area contributed by atoms with Gasteiger partial charge < -0.3 is 10.6 Å². The molecule has 1 aliphatic heterocycles. The summed E-state index contributed by atoms with van der Waals surface area (Å²) in [5, 5.41) is 0. The third kappa shape index (κ3) is 2.73. The molecular weight excluding hydrogens is 198 g/mol. The average molecular weight is 219 g/mol. The SMILES string of the molecule is NCCCc1cnccc1N1CCCCC1. The minimum absolute atomic E-state index is 0.758. The maximum absolute atomic E-state index is 5.57. The van der Waals surface area contributed by atoms with Gasteiger partial charge in [-0.15, -0.1) is 0 Å². The molecular formula is C13H21N3. The van der Waals surface area contributed by atoms with E-state index in [1.54, 1.807) is 0 Å². The predicted octanol–water partition coefficient (Wildman–Crippen LogP) is 1.96. The lowest BCUT2D eigenvalue weighted by molar-refractivity contribution is 0.575. The number of rotatable bonds is 4. The Morgan fingerprint density at radius 2 is 2.06 bits per heavy atom. The van der Waals surface area contributed by atoms with E-state index in [-0.39, 0.29) is 0 Å². The van der Waals surface area contributed by atoms with Crippen molar-refractivity contribution in [3.63, 3.8) is 0 Å². The first kappa shape index (κ1) is 11.4. The monoisotopic (exact) mass is 219 g/mol. The molecule has 1 aromatic heterocycles. The summed E-state index contributed by atoms with van der Waals surface area (Å²) in [5.74, 6) is 0. The standard InChI is InChI=1S/C13H21N3/c14-7-4-5-12-11-15-8-6-13(12)16-9-2-1-3-10-16/h6,8,11H,1-5,7,9-10,14H2. The largest absolute Gasteiger partial charge is 0.371 e. The first-order valence-electron chi connectivity index (χ1n) is 6.29.